The molecule has 2 aliphatic heterocycles. The number of rotatable bonds is 8. The Hall–Kier alpha value is -4.14. The normalized spacial score (nSPS) is 17.3. The molecule has 0 unspecified atom stereocenters. The number of hydrogen-bond acceptors (Lipinski definition) is 7. The number of sulfonamides is 1. The van der Waals surface area contributed by atoms with E-state index in [1.165, 1.54) is 38.5 Å². The highest BCUT2D eigenvalue weighted by atomic mass is 32.2. The fraction of sp³-hybridized carbons (Fsp3) is 0.367. The maximum Gasteiger partial charge on any atom is 0.416 e. The maximum absolute atomic E-state index is 13.9. The van der Waals surface area contributed by atoms with Crippen LogP contribution in [-0.4, -0.2) is 54.3 Å². The summed E-state index contributed by atoms with van der Waals surface area (Å²) in [5.74, 6) is -0.887. The molecule has 0 spiro atoms. The monoisotopic (exact) mass is 658 g/mol. The smallest absolute Gasteiger partial charge is 0.416 e. The van der Waals surface area contributed by atoms with Crippen LogP contribution in [0.3, 0.4) is 0 Å². The van der Waals surface area contributed by atoms with E-state index in [0.29, 0.717) is 11.8 Å². The number of nitrogens with zero attached hydrogens (tertiary/aromatic N) is 2. The Bertz CT molecular complexity index is 1690. The molecular formula is C30H28F6N2O6S. The van der Waals surface area contributed by atoms with Crippen molar-refractivity contribution in [3.05, 3.63) is 77.4 Å². The first kappa shape index (κ1) is 32.3. The molecule has 0 amide bonds. The van der Waals surface area contributed by atoms with Gasteiger partial charge < -0.3 is 19.1 Å². The molecule has 2 aliphatic rings. The highest BCUT2D eigenvalue weighted by molar-refractivity contribution is 7.92. The first-order valence-corrected chi connectivity index (χ1v) is 15.1. The summed E-state index contributed by atoms with van der Waals surface area (Å²) in [5.41, 5.74) is -1.42. The van der Waals surface area contributed by atoms with Crippen LogP contribution >= 0.6 is 0 Å². The first-order valence-electron chi connectivity index (χ1n) is 13.7. The predicted molar refractivity (Wildman–Crippen MR) is 151 cm³/mol. The molecular weight excluding hydrogens is 630 g/mol. The van der Waals surface area contributed by atoms with Crippen LogP contribution in [0.15, 0.2) is 65.6 Å². The molecule has 0 radical (unpaired) electrons. The van der Waals surface area contributed by atoms with Gasteiger partial charge in [0.25, 0.3) is 10.0 Å². The Morgan fingerprint density at radius 2 is 1.64 bits per heavy atom. The Kier molecular flexibility index (Phi) is 8.59. The number of methoxy groups -OCH3 is 2. The SMILES string of the molecule is COC(=O)CC[C@H]1CN(S(=O)(=O)c2cccc(C(F)(F)F)c2)c2cc(N3CC(c4c(OC)cccc4C(F)(F)F)C3)ccc2O1. The molecule has 45 heavy (non-hydrogen) atoms. The standard InChI is InChI=1S/C30H28F6N2O6S/c1-42-26-8-4-7-23(30(34,35)36)28(26)18-15-37(16-18)20-9-11-25-24(14-20)38(17-21(44-25)10-12-27(39)43-2)45(40,41)22-6-3-5-19(13-22)29(31,32)33/h3-9,11,13-14,18,21H,10,12,15-17H2,1-2H3/t21-/m0/s1. The molecule has 2 heterocycles. The zero-order valence-corrected chi connectivity index (χ0v) is 24.8. The molecule has 0 bridgehead atoms. The van der Waals surface area contributed by atoms with Crippen LogP contribution in [0.4, 0.5) is 37.7 Å². The van der Waals surface area contributed by atoms with Crippen molar-refractivity contribution >= 4 is 27.4 Å². The lowest BCUT2D eigenvalue weighted by Crippen LogP contribution is -2.46. The quantitative estimate of drug-likeness (QED) is 0.209. The maximum atomic E-state index is 13.9. The molecule has 3 aromatic carbocycles. The number of esters is 1. The van der Waals surface area contributed by atoms with Crippen molar-refractivity contribution in [2.24, 2.45) is 0 Å². The van der Waals surface area contributed by atoms with Crippen molar-refractivity contribution in [3.63, 3.8) is 0 Å². The van der Waals surface area contributed by atoms with Gasteiger partial charge in [-0.3, -0.25) is 9.10 Å². The van der Waals surface area contributed by atoms with E-state index in [1.54, 1.807) is 11.0 Å². The summed E-state index contributed by atoms with van der Waals surface area (Å²) in [4.78, 5) is 12.9. The van der Waals surface area contributed by atoms with Gasteiger partial charge >= 0.3 is 18.3 Å². The molecule has 0 saturated carbocycles. The van der Waals surface area contributed by atoms with Crippen molar-refractivity contribution in [1.82, 2.24) is 0 Å². The Balaban J connectivity index is 1.48. The highest BCUT2D eigenvalue weighted by Crippen LogP contribution is 2.46. The van der Waals surface area contributed by atoms with Crippen LogP contribution < -0.4 is 18.7 Å². The number of benzene rings is 3. The van der Waals surface area contributed by atoms with Crippen LogP contribution in [0.5, 0.6) is 11.5 Å². The third kappa shape index (κ3) is 6.49. The largest absolute Gasteiger partial charge is 0.496 e. The van der Waals surface area contributed by atoms with E-state index in [-0.39, 0.29) is 55.2 Å². The lowest BCUT2D eigenvalue weighted by Gasteiger charge is -2.43. The molecule has 15 heteroatoms. The van der Waals surface area contributed by atoms with Gasteiger partial charge in [-0.15, -0.1) is 0 Å². The fourth-order valence-corrected chi connectivity index (χ4v) is 7.02. The summed E-state index contributed by atoms with van der Waals surface area (Å²) >= 11 is 0. The second kappa shape index (κ2) is 12.0. The minimum absolute atomic E-state index is 0.0206. The van der Waals surface area contributed by atoms with E-state index in [9.17, 15) is 39.6 Å². The van der Waals surface area contributed by atoms with Gasteiger partial charge in [-0.05, 0) is 55.0 Å². The van der Waals surface area contributed by atoms with Gasteiger partial charge in [0.2, 0.25) is 0 Å². The predicted octanol–water partition coefficient (Wildman–Crippen LogP) is 6.25. The van der Waals surface area contributed by atoms with E-state index >= 15 is 0 Å². The van der Waals surface area contributed by atoms with Crippen molar-refractivity contribution < 1.29 is 53.8 Å². The lowest BCUT2D eigenvalue weighted by atomic mass is 9.86. The molecule has 1 fully saturated rings. The van der Waals surface area contributed by atoms with Gasteiger partial charge in [0.1, 0.15) is 17.6 Å². The van der Waals surface area contributed by atoms with E-state index in [2.05, 4.69) is 4.74 Å². The van der Waals surface area contributed by atoms with Gasteiger partial charge in [-0.2, -0.15) is 26.3 Å². The second-order valence-corrected chi connectivity index (χ2v) is 12.5. The van der Waals surface area contributed by atoms with Crippen LogP contribution in [-0.2, 0) is 31.9 Å². The summed E-state index contributed by atoms with van der Waals surface area (Å²) in [6.45, 7) is 0.00126. The molecule has 242 valence electrons. The Morgan fingerprint density at radius 3 is 2.29 bits per heavy atom. The summed E-state index contributed by atoms with van der Waals surface area (Å²) in [7, 11) is -2.09. The van der Waals surface area contributed by atoms with Crippen LogP contribution in [0.1, 0.15) is 35.4 Å². The van der Waals surface area contributed by atoms with Crippen LogP contribution in [0, 0.1) is 0 Å². The summed E-state index contributed by atoms with van der Waals surface area (Å²) < 4.78 is 126. The molecule has 8 nitrogen and oxygen atoms in total. The average Bonchev–Trinajstić information content (AvgIpc) is 2.97. The van der Waals surface area contributed by atoms with Crippen LogP contribution in [0.25, 0.3) is 0 Å². The van der Waals surface area contributed by atoms with Crippen molar-refractivity contribution in [1.29, 1.82) is 0 Å². The van der Waals surface area contributed by atoms with Crippen molar-refractivity contribution in [3.8, 4) is 11.5 Å². The minimum Gasteiger partial charge on any atom is -0.496 e. The van der Waals surface area contributed by atoms with Gasteiger partial charge in [0, 0.05) is 36.7 Å². The summed E-state index contributed by atoms with van der Waals surface area (Å²) in [6.07, 6.45) is -10.2. The zero-order chi connectivity index (χ0) is 32.7. The topological polar surface area (TPSA) is 85.4 Å². The third-order valence-corrected chi connectivity index (χ3v) is 9.54. The van der Waals surface area contributed by atoms with E-state index in [0.717, 1.165) is 28.6 Å². The Labute approximate surface area is 255 Å². The number of fused-ring (bicyclic) bond motifs is 1. The van der Waals surface area contributed by atoms with Gasteiger partial charge in [-0.25, -0.2) is 8.42 Å². The number of ether oxygens (including phenoxy) is 3. The number of carbonyl (C=O) groups excluding carboxylic acids is 1. The van der Waals surface area contributed by atoms with Crippen molar-refractivity contribution in [2.75, 3.05) is 43.1 Å². The first-order chi connectivity index (χ1) is 21.1. The number of anilines is 2. The molecule has 0 aromatic heterocycles. The molecule has 5 rings (SSSR count). The van der Waals surface area contributed by atoms with E-state index < -0.39 is 56.4 Å². The zero-order valence-electron chi connectivity index (χ0n) is 24.0. The summed E-state index contributed by atoms with van der Waals surface area (Å²) in [6, 6.07) is 11.6. The lowest BCUT2D eigenvalue weighted by molar-refractivity contribution is -0.141. The molecule has 1 atom stereocenters. The Morgan fingerprint density at radius 1 is 0.933 bits per heavy atom. The molecule has 0 aliphatic carbocycles. The van der Waals surface area contributed by atoms with Gasteiger partial charge in [-0.1, -0.05) is 12.1 Å². The van der Waals surface area contributed by atoms with E-state index in [4.69, 9.17) is 9.47 Å². The number of hydrogen-bond donors (Lipinski definition) is 0. The third-order valence-electron chi connectivity index (χ3n) is 7.77. The summed E-state index contributed by atoms with van der Waals surface area (Å²) in [5, 5.41) is 0. The van der Waals surface area contributed by atoms with Crippen molar-refractivity contribution in [2.45, 2.75) is 42.1 Å². The van der Waals surface area contributed by atoms with Gasteiger partial charge in [0.05, 0.1) is 42.5 Å². The number of alkyl halides is 6. The van der Waals surface area contributed by atoms with Crippen LogP contribution in [0.2, 0.25) is 0 Å². The number of halogens is 6. The minimum atomic E-state index is -4.79. The second-order valence-electron chi connectivity index (χ2n) is 10.6. The molecule has 0 N–H and O–H groups in total. The molecule has 3 aromatic rings. The van der Waals surface area contributed by atoms with Gasteiger partial charge in [0.15, 0.2) is 0 Å². The number of carbonyl (C=O) groups is 1. The fourth-order valence-electron chi connectivity index (χ4n) is 5.48. The highest BCUT2D eigenvalue weighted by Gasteiger charge is 2.42. The van der Waals surface area contributed by atoms with E-state index in [1.807, 2.05) is 0 Å². The molecule has 1 saturated heterocycles. The average molecular weight is 659 g/mol.